The first kappa shape index (κ1) is 24.6. The zero-order valence-corrected chi connectivity index (χ0v) is 20.9. The Morgan fingerprint density at radius 3 is 2.62 bits per heavy atom. The highest BCUT2D eigenvalue weighted by Crippen LogP contribution is 2.28. The minimum Gasteiger partial charge on any atom is -0.483 e. The third kappa shape index (κ3) is 6.97. The number of rotatable bonds is 8. The van der Waals surface area contributed by atoms with Crippen molar-refractivity contribution < 1.29 is 14.3 Å². The SMILES string of the molecule is Cc1cccc(CN(C(=O)COc2ccc(Cl)cc2Br)[C@H](C)C(=O)NC2CCCCC2)c1. The van der Waals surface area contributed by atoms with Gasteiger partial charge in [-0.15, -0.1) is 0 Å². The molecule has 0 spiro atoms. The van der Waals surface area contributed by atoms with E-state index in [1.807, 2.05) is 31.2 Å². The maximum atomic E-state index is 13.2. The van der Waals surface area contributed by atoms with E-state index >= 15 is 0 Å². The van der Waals surface area contributed by atoms with E-state index in [2.05, 4.69) is 21.2 Å². The molecular weight excluding hydrogens is 492 g/mol. The van der Waals surface area contributed by atoms with Gasteiger partial charge in [0.05, 0.1) is 4.47 Å². The van der Waals surface area contributed by atoms with E-state index in [1.54, 1.807) is 30.0 Å². The van der Waals surface area contributed by atoms with Crippen LogP contribution in [0.1, 0.15) is 50.2 Å². The summed E-state index contributed by atoms with van der Waals surface area (Å²) in [5.41, 5.74) is 2.08. The van der Waals surface area contributed by atoms with Gasteiger partial charge < -0.3 is 15.0 Å². The van der Waals surface area contributed by atoms with Crippen LogP contribution in [0.2, 0.25) is 5.02 Å². The van der Waals surface area contributed by atoms with Crippen LogP contribution < -0.4 is 10.1 Å². The molecule has 1 aliphatic rings. The molecule has 1 atom stereocenters. The lowest BCUT2D eigenvalue weighted by atomic mass is 9.95. The predicted octanol–water partition coefficient (Wildman–Crippen LogP) is 5.66. The van der Waals surface area contributed by atoms with Crippen LogP contribution >= 0.6 is 27.5 Å². The van der Waals surface area contributed by atoms with Gasteiger partial charge in [0.25, 0.3) is 5.91 Å². The number of nitrogens with zero attached hydrogens (tertiary/aromatic N) is 1. The molecule has 0 saturated heterocycles. The highest BCUT2D eigenvalue weighted by Gasteiger charge is 2.28. The lowest BCUT2D eigenvalue weighted by Gasteiger charge is -2.31. The monoisotopic (exact) mass is 520 g/mol. The molecule has 0 heterocycles. The van der Waals surface area contributed by atoms with E-state index in [0.29, 0.717) is 21.8 Å². The Labute approximate surface area is 203 Å². The first-order chi connectivity index (χ1) is 15.3. The third-order valence-corrected chi connectivity index (χ3v) is 6.65. The molecule has 1 fully saturated rings. The number of hydrogen-bond acceptors (Lipinski definition) is 3. The summed E-state index contributed by atoms with van der Waals surface area (Å²) in [4.78, 5) is 27.8. The van der Waals surface area contributed by atoms with Crippen LogP contribution in [0, 0.1) is 6.92 Å². The molecule has 0 aromatic heterocycles. The molecule has 2 amide bonds. The molecule has 7 heteroatoms. The Morgan fingerprint density at radius 2 is 1.94 bits per heavy atom. The fourth-order valence-electron chi connectivity index (χ4n) is 3.97. The summed E-state index contributed by atoms with van der Waals surface area (Å²) in [5, 5.41) is 3.72. The van der Waals surface area contributed by atoms with Gasteiger partial charge in [-0.1, -0.05) is 60.7 Å². The van der Waals surface area contributed by atoms with Crippen molar-refractivity contribution >= 4 is 39.3 Å². The van der Waals surface area contributed by atoms with Crippen molar-refractivity contribution in [3.8, 4) is 5.75 Å². The number of nitrogens with one attached hydrogen (secondary N) is 1. The van der Waals surface area contributed by atoms with Crippen molar-refractivity contribution in [1.82, 2.24) is 10.2 Å². The summed E-state index contributed by atoms with van der Waals surface area (Å²) in [7, 11) is 0. The predicted molar refractivity (Wildman–Crippen MR) is 131 cm³/mol. The van der Waals surface area contributed by atoms with E-state index in [1.165, 1.54) is 6.42 Å². The van der Waals surface area contributed by atoms with E-state index in [4.69, 9.17) is 16.3 Å². The molecule has 0 radical (unpaired) electrons. The first-order valence-electron chi connectivity index (χ1n) is 11.1. The maximum Gasteiger partial charge on any atom is 0.261 e. The maximum absolute atomic E-state index is 13.2. The molecule has 2 aromatic rings. The van der Waals surface area contributed by atoms with Crippen molar-refractivity contribution in [2.24, 2.45) is 0 Å². The number of amides is 2. The topological polar surface area (TPSA) is 58.6 Å². The molecule has 0 bridgehead atoms. The van der Waals surface area contributed by atoms with Crippen LogP contribution in [0.5, 0.6) is 5.75 Å². The number of halogens is 2. The highest BCUT2D eigenvalue weighted by molar-refractivity contribution is 9.10. The van der Waals surface area contributed by atoms with E-state index < -0.39 is 6.04 Å². The number of carbonyl (C=O) groups is 2. The minimum absolute atomic E-state index is 0.120. The van der Waals surface area contributed by atoms with Crippen molar-refractivity contribution in [3.63, 3.8) is 0 Å². The van der Waals surface area contributed by atoms with Crippen LogP contribution in [-0.4, -0.2) is 35.4 Å². The summed E-state index contributed by atoms with van der Waals surface area (Å²) >= 11 is 9.39. The van der Waals surface area contributed by atoms with Crippen molar-refractivity contribution in [1.29, 1.82) is 0 Å². The van der Waals surface area contributed by atoms with Crippen LogP contribution in [0.15, 0.2) is 46.9 Å². The summed E-state index contributed by atoms with van der Waals surface area (Å²) < 4.78 is 6.42. The Kier molecular flexibility index (Phi) is 9.00. The molecule has 0 unspecified atom stereocenters. The van der Waals surface area contributed by atoms with E-state index in [-0.39, 0.29) is 24.5 Å². The van der Waals surface area contributed by atoms with Gasteiger partial charge in [0.1, 0.15) is 11.8 Å². The Balaban J connectivity index is 1.72. The van der Waals surface area contributed by atoms with Crippen molar-refractivity contribution in [3.05, 3.63) is 63.1 Å². The van der Waals surface area contributed by atoms with Gasteiger partial charge in [-0.3, -0.25) is 9.59 Å². The fourth-order valence-corrected chi connectivity index (χ4v) is 4.77. The molecule has 2 aromatic carbocycles. The lowest BCUT2D eigenvalue weighted by Crippen LogP contribution is -2.51. The number of benzene rings is 2. The van der Waals surface area contributed by atoms with Gasteiger partial charge in [-0.05, 0) is 66.4 Å². The number of ether oxygens (including phenoxy) is 1. The molecule has 1 N–H and O–H groups in total. The summed E-state index contributed by atoms with van der Waals surface area (Å²) in [5.74, 6) is 0.155. The average Bonchev–Trinajstić information content (AvgIpc) is 2.77. The van der Waals surface area contributed by atoms with Gasteiger partial charge in [0.15, 0.2) is 6.61 Å². The van der Waals surface area contributed by atoms with E-state index in [0.717, 1.165) is 36.8 Å². The van der Waals surface area contributed by atoms with Crippen LogP contribution in [-0.2, 0) is 16.1 Å². The third-order valence-electron chi connectivity index (χ3n) is 5.80. The van der Waals surface area contributed by atoms with Crippen molar-refractivity contribution in [2.45, 2.75) is 64.6 Å². The molecule has 172 valence electrons. The molecule has 1 aliphatic carbocycles. The van der Waals surface area contributed by atoms with Gasteiger partial charge in [-0.2, -0.15) is 0 Å². The van der Waals surface area contributed by atoms with Gasteiger partial charge in [-0.25, -0.2) is 0 Å². The van der Waals surface area contributed by atoms with Crippen LogP contribution in [0.3, 0.4) is 0 Å². The number of aryl methyl sites for hydroxylation is 1. The average molecular weight is 522 g/mol. The molecule has 0 aliphatic heterocycles. The quantitative estimate of drug-likeness (QED) is 0.488. The molecule has 3 rings (SSSR count). The highest BCUT2D eigenvalue weighted by atomic mass is 79.9. The van der Waals surface area contributed by atoms with Gasteiger partial charge in [0, 0.05) is 17.6 Å². The summed E-state index contributed by atoms with van der Waals surface area (Å²) in [6.07, 6.45) is 5.48. The number of hydrogen-bond donors (Lipinski definition) is 1. The normalized spacial score (nSPS) is 15.1. The second-order valence-electron chi connectivity index (χ2n) is 8.39. The second kappa shape index (κ2) is 11.7. The first-order valence-corrected chi connectivity index (χ1v) is 12.2. The Hall–Kier alpha value is -2.05. The van der Waals surface area contributed by atoms with Gasteiger partial charge >= 0.3 is 0 Å². The molecule has 1 saturated carbocycles. The Bertz CT molecular complexity index is 947. The summed E-state index contributed by atoms with van der Waals surface area (Å²) in [6.45, 7) is 3.96. The minimum atomic E-state index is -0.609. The zero-order chi connectivity index (χ0) is 23.1. The standard InChI is InChI=1S/C25H30BrClN2O3/c1-17-7-6-8-19(13-17)15-29(18(2)25(31)28-21-9-4-3-5-10-21)24(30)16-32-23-12-11-20(27)14-22(23)26/h6-8,11-14,18,21H,3-5,9-10,15-16H2,1-2H3,(H,28,31)/t18-/m1/s1. The lowest BCUT2D eigenvalue weighted by molar-refractivity contribution is -0.142. The largest absolute Gasteiger partial charge is 0.483 e. The second-order valence-corrected chi connectivity index (χ2v) is 9.68. The molecular formula is C25H30BrClN2O3. The molecule has 32 heavy (non-hydrogen) atoms. The summed E-state index contributed by atoms with van der Waals surface area (Å²) in [6, 6.07) is 12.7. The fraction of sp³-hybridized carbons (Fsp3) is 0.440. The molecule has 5 nitrogen and oxygen atoms in total. The number of carbonyl (C=O) groups excluding carboxylic acids is 2. The van der Waals surface area contributed by atoms with E-state index in [9.17, 15) is 9.59 Å². The van der Waals surface area contributed by atoms with Crippen molar-refractivity contribution in [2.75, 3.05) is 6.61 Å². The van der Waals surface area contributed by atoms with Gasteiger partial charge in [0.2, 0.25) is 5.91 Å². The van der Waals surface area contributed by atoms with Crippen LogP contribution in [0.4, 0.5) is 0 Å². The zero-order valence-electron chi connectivity index (χ0n) is 18.6. The van der Waals surface area contributed by atoms with Crippen LogP contribution in [0.25, 0.3) is 0 Å². The Morgan fingerprint density at radius 1 is 1.19 bits per heavy atom. The smallest absolute Gasteiger partial charge is 0.261 e.